The van der Waals surface area contributed by atoms with Crippen LogP contribution in [0, 0.1) is 17.8 Å². The van der Waals surface area contributed by atoms with Gasteiger partial charge in [0.1, 0.15) is 0 Å². The van der Waals surface area contributed by atoms with Crippen LogP contribution in [-0.2, 0) is 14.3 Å². The lowest BCUT2D eigenvalue weighted by Crippen LogP contribution is -2.50. The van der Waals surface area contributed by atoms with E-state index < -0.39 is 11.9 Å². The number of hydrogen-bond acceptors (Lipinski definition) is 3. The van der Waals surface area contributed by atoms with E-state index >= 15 is 0 Å². The number of carboxylic acid groups (broad SMARTS) is 1. The molecule has 4 atom stereocenters. The molecule has 0 radical (unpaired) electrons. The highest BCUT2D eigenvalue weighted by Gasteiger charge is 2.43. The van der Waals surface area contributed by atoms with Crippen molar-refractivity contribution >= 4 is 11.9 Å². The molecule has 0 spiro atoms. The molecule has 2 unspecified atom stereocenters. The predicted octanol–water partition coefficient (Wildman–Crippen LogP) is 0.981. The van der Waals surface area contributed by atoms with E-state index in [-0.39, 0.29) is 17.9 Å². The minimum absolute atomic E-state index is 0.00236. The summed E-state index contributed by atoms with van der Waals surface area (Å²) in [7, 11) is 0. The first-order valence-corrected chi connectivity index (χ1v) is 6.61. The van der Waals surface area contributed by atoms with Crippen LogP contribution in [0.4, 0.5) is 0 Å². The van der Waals surface area contributed by atoms with Crippen molar-refractivity contribution in [1.29, 1.82) is 0 Å². The van der Waals surface area contributed by atoms with Crippen LogP contribution in [0.3, 0.4) is 0 Å². The smallest absolute Gasteiger partial charge is 0.307 e. The Kier molecular flexibility index (Phi) is 3.90. The van der Waals surface area contributed by atoms with Gasteiger partial charge in [-0.25, -0.2) is 0 Å². The second kappa shape index (κ2) is 5.26. The minimum atomic E-state index is -0.835. The maximum atomic E-state index is 12.5. The van der Waals surface area contributed by atoms with Crippen molar-refractivity contribution in [3.8, 4) is 0 Å². The fraction of sp³-hybridized carbons (Fsp3) is 0.846. The molecule has 5 heteroatoms. The molecular formula is C13H21NO4. The molecule has 0 aromatic heterocycles. The highest BCUT2D eigenvalue weighted by molar-refractivity contribution is 5.85. The van der Waals surface area contributed by atoms with Crippen LogP contribution in [0.5, 0.6) is 0 Å². The first-order valence-electron chi connectivity index (χ1n) is 6.61. The van der Waals surface area contributed by atoms with E-state index in [9.17, 15) is 14.7 Å². The Balaban J connectivity index is 2.09. The molecule has 1 amide bonds. The molecule has 5 nitrogen and oxygen atoms in total. The van der Waals surface area contributed by atoms with Gasteiger partial charge in [0.25, 0.3) is 0 Å². The lowest BCUT2D eigenvalue weighted by molar-refractivity contribution is -0.152. The Morgan fingerprint density at radius 3 is 2.50 bits per heavy atom. The first-order chi connectivity index (χ1) is 8.50. The number of ether oxygens (including phenoxy) is 1. The fourth-order valence-electron chi connectivity index (χ4n) is 3.11. The molecule has 1 N–H and O–H groups in total. The van der Waals surface area contributed by atoms with E-state index in [1.807, 2.05) is 13.8 Å². The molecule has 0 aromatic carbocycles. The Hall–Kier alpha value is -1.10. The molecule has 0 bridgehead atoms. The molecule has 18 heavy (non-hydrogen) atoms. The Morgan fingerprint density at radius 1 is 1.22 bits per heavy atom. The molecule has 1 heterocycles. The van der Waals surface area contributed by atoms with Gasteiger partial charge < -0.3 is 14.7 Å². The zero-order valence-electron chi connectivity index (χ0n) is 11.0. The summed E-state index contributed by atoms with van der Waals surface area (Å²) in [6.45, 7) is 5.65. The number of amides is 1. The van der Waals surface area contributed by atoms with Gasteiger partial charge in [0.05, 0.1) is 31.1 Å². The van der Waals surface area contributed by atoms with Gasteiger partial charge in [0.15, 0.2) is 0 Å². The zero-order valence-corrected chi connectivity index (χ0v) is 11.0. The molecule has 1 aliphatic carbocycles. The van der Waals surface area contributed by atoms with Crippen LogP contribution in [0.2, 0.25) is 0 Å². The molecule has 1 saturated heterocycles. The van der Waals surface area contributed by atoms with Crippen molar-refractivity contribution in [1.82, 2.24) is 4.90 Å². The van der Waals surface area contributed by atoms with Gasteiger partial charge in [-0.05, 0) is 25.7 Å². The van der Waals surface area contributed by atoms with E-state index in [2.05, 4.69) is 0 Å². The van der Waals surface area contributed by atoms with E-state index in [0.29, 0.717) is 38.5 Å². The molecule has 2 fully saturated rings. The highest BCUT2D eigenvalue weighted by Crippen LogP contribution is 2.38. The van der Waals surface area contributed by atoms with Gasteiger partial charge in [-0.2, -0.15) is 0 Å². The number of hydrogen-bond donors (Lipinski definition) is 1. The summed E-state index contributed by atoms with van der Waals surface area (Å²) < 4.78 is 5.31. The maximum Gasteiger partial charge on any atom is 0.307 e. The number of nitrogens with zero attached hydrogens (tertiary/aromatic N) is 1. The standard InChI is InChI=1S/C13H21NO4/c1-8-5-10(11(6-8)13(16)17)12(15)14-3-4-18-7-9(14)2/h8-11H,3-7H2,1-2H3,(H,16,17)/t8?,9?,10-,11+/m0/s1. The summed E-state index contributed by atoms with van der Waals surface area (Å²) in [5.41, 5.74) is 0. The van der Waals surface area contributed by atoms with E-state index in [0.717, 1.165) is 0 Å². The highest BCUT2D eigenvalue weighted by atomic mass is 16.5. The van der Waals surface area contributed by atoms with Crippen molar-refractivity contribution < 1.29 is 19.4 Å². The van der Waals surface area contributed by atoms with Crippen molar-refractivity contribution in [3.05, 3.63) is 0 Å². The number of rotatable bonds is 2. The lowest BCUT2D eigenvalue weighted by atomic mass is 9.94. The largest absolute Gasteiger partial charge is 0.481 e. The summed E-state index contributed by atoms with van der Waals surface area (Å²) in [6.07, 6.45) is 1.31. The van der Waals surface area contributed by atoms with Crippen molar-refractivity contribution in [3.63, 3.8) is 0 Å². The molecule has 2 aliphatic rings. The zero-order chi connectivity index (χ0) is 13.3. The molecule has 2 rings (SSSR count). The Morgan fingerprint density at radius 2 is 1.89 bits per heavy atom. The average molecular weight is 255 g/mol. The van der Waals surface area contributed by atoms with E-state index in [4.69, 9.17) is 4.74 Å². The van der Waals surface area contributed by atoms with Crippen LogP contribution in [-0.4, -0.2) is 47.7 Å². The van der Waals surface area contributed by atoms with Gasteiger partial charge in [0, 0.05) is 6.54 Å². The quantitative estimate of drug-likeness (QED) is 0.798. The molecule has 1 saturated carbocycles. The summed E-state index contributed by atoms with van der Waals surface area (Å²) in [4.78, 5) is 25.5. The van der Waals surface area contributed by atoms with Crippen LogP contribution < -0.4 is 0 Å². The first kappa shape index (κ1) is 13.3. The maximum absolute atomic E-state index is 12.5. The summed E-state index contributed by atoms with van der Waals surface area (Å²) >= 11 is 0. The summed E-state index contributed by atoms with van der Waals surface area (Å²) in [5, 5.41) is 9.22. The van der Waals surface area contributed by atoms with Crippen LogP contribution >= 0.6 is 0 Å². The molecule has 102 valence electrons. The van der Waals surface area contributed by atoms with Gasteiger partial charge in [-0.15, -0.1) is 0 Å². The second-order valence-electron chi connectivity index (χ2n) is 5.58. The van der Waals surface area contributed by atoms with Gasteiger partial charge in [-0.1, -0.05) is 6.92 Å². The second-order valence-corrected chi connectivity index (χ2v) is 5.58. The topological polar surface area (TPSA) is 66.8 Å². The van der Waals surface area contributed by atoms with Crippen molar-refractivity contribution in [2.45, 2.75) is 32.7 Å². The van der Waals surface area contributed by atoms with Gasteiger partial charge >= 0.3 is 5.97 Å². The van der Waals surface area contributed by atoms with Crippen molar-refractivity contribution in [2.24, 2.45) is 17.8 Å². The number of morpholine rings is 1. The Bertz CT molecular complexity index is 344. The fourth-order valence-corrected chi connectivity index (χ4v) is 3.11. The normalized spacial score (nSPS) is 36.7. The van der Waals surface area contributed by atoms with Crippen LogP contribution in [0.25, 0.3) is 0 Å². The third-order valence-corrected chi connectivity index (χ3v) is 4.08. The van der Waals surface area contributed by atoms with Gasteiger partial charge in [-0.3, -0.25) is 9.59 Å². The number of carbonyl (C=O) groups excluding carboxylic acids is 1. The van der Waals surface area contributed by atoms with Gasteiger partial charge in [0.2, 0.25) is 5.91 Å². The molecule has 1 aliphatic heterocycles. The van der Waals surface area contributed by atoms with Crippen LogP contribution in [0.15, 0.2) is 0 Å². The predicted molar refractivity (Wildman–Crippen MR) is 65.0 cm³/mol. The van der Waals surface area contributed by atoms with E-state index in [1.54, 1.807) is 4.90 Å². The third-order valence-electron chi connectivity index (χ3n) is 4.08. The average Bonchev–Trinajstić information content (AvgIpc) is 2.71. The monoisotopic (exact) mass is 255 g/mol. The van der Waals surface area contributed by atoms with Crippen LogP contribution in [0.1, 0.15) is 26.7 Å². The SMILES string of the molecule is CC1C[C@H](C(=O)N2CCOCC2C)[C@H](C(=O)O)C1. The third kappa shape index (κ3) is 2.51. The number of aliphatic carboxylic acids is 1. The molecular weight excluding hydrogens is 234 g/mol. The minimum Gasteiger partial charge on any atom is -0.481 e. The summed E-state index contributed by atoms with van der Waals surface area (Å²) in [5.74, 6) is -1.38. The summed E-state index contributed by atoms with van der Waals surface area (Å²) in [6, 6.07) is 0.0524. The van der Waals surface area contributed by atoms with Crippen molar-refractivity contribution in [2.75, 3.05) is 19.8 Å². The Labute approximate surface area is 107 Å². The number of carboxylic acids is 1. The lowest BCUT2D eigenvalue weighted by Gasteiger charge is -2.35. The molecule has 0 aromatic rings. The number of carbonyl (C=O) groups is 2. The van der Waals surface area contributed by atoms with E-state index in [1.165, 1.54) is 0 Å².